The minimum absolute atomic E-state index is 0.199. The largest absolute Gasteiger partial charge is 0.508 e. The Morgan fingerprint density at radius 2 is 2.30 bits per heavy atom. The summed E-state index contributed by atoms with van der Waals surface area (Å²) in [6.07, 6.45) is 5.33. The molecule has 0 saturated heterocycles. The van der Waals surface area contributed by atoms with Gasteiger partial charge in [0.15, 0.2) is 0 Å². The predicted octanol–water partition coefficient (Wildman–Crippen LogP) is 2.36. The molecule has 0 heterocycles. The van der Waals surface area contributed by atoms with Crippen molar-refractivity contribution in [2.45, 2.75) is 45.1 Å². The Labute approximate surface area is 120 Å². The van der Waals surface area contributed by atoms with Crippen LogP contribution < -0.4 is 5.73 Å². The van der Waals surface area contributed by atoms with Gasteiger partial charge in [0.2, 0.25) is 5.91 Å². The second-order valence-electron chi connectivity index (χ2n) is 5.58. The number of amides is 1. The third kappa shape index (κ3) is 3.51. The number of nitrogens with two attached hydrogens (primary N) is 1. The second kappa shape index (κ2) is 6.75. The van der Waals surface area contributed by atoms with Crippen LogP contribution in [0.2, 0.25) is 0 Å². The molecule has 1 aliphatic rings. The number of hydrogen-bond donors (Lipinski definition) is 2. The molecule has 0 aromatic heterocycles. The number of carbonyl (C=O) groups excluding carboxylic acids is 1. The molecule has 0 saturated carbocycles. The van der Waals surface area contributed by atoms with E-state index < -0.39 is 0 Å². The standard InChI is InChI=1S/C16H24N2O2/c1-2-3-9-18(11-16(17)20)15-6-4-5-12-7-8-13(19)10-14(12)15/h7-8,10,15,19H,2-6,9,11H2,1H3,(H2,17,20). The van der Waals surface area contributed by atoms with E-state index in [1.165, 1.54) is 5.56 Å². The number of aryl methyl sites for hydroxylation is 1. The lowest BCUT2D eigenvalue weighted by molar-refractivity contribution is -0.119. The van der Waals surface area contributed by atoms with Gasteiger partial charge in [0.1, 0.15) is 5.75 Å². The molecule has 3 N–H and O–H groups in total. The van der Waals surface area contributed by atoms with Gasteiger partial charge in [-0.1, -0.05) is 19.4 Å². The summed E-state index contributed by atoms with van der Waals surface area (Å²) in [6.45, 7) is 3.31. The Morgan fingerprint density at radius 1 is 1.50 bits per heavy atom. The maximum Gasteiger partial charge on any atom is 0.231 e. The zero-order valence-corrected chi connectivity index (χ0v) is 12.1. The Morgan fingerprint density at radius 3 is 3.00 bits per heavy atom. The molecule has 1 unspecified atom stereocenters. The molecule has 0 fully saturated rings. The molecule has 2 rings (SSSR count). The van der Waals surface area contributed by atoms with E-state index in [0.717, 1.165) is 44.2 Å². The lowest BCUT2D eigenvalue weighted by Gasteiger charge is -2.35. The van der Waals surface area contributed by atoms with E-state index >= 15 is 0 Å². The lowest BCUT2D eigenvalue weighted by atomic mass is 9.86. The number of hydrogen-bond acceptors (Lipinski definition) is 3. The first kappa shape index (κ1) is 14.9. The quantitative estimate of drug-likeness (QED) is 0.838. The van der Waals surface area contributed by atoms with Crippen LogP contribution in [0.5, 0.6) is 5.75 Å². The zero-order chi connectivity index (χ0) is 14.5. The molecular formula is C16H24N2O2. The van der Waals surface area contributed by atoms with Gasteiger partial charge >= 0.3 is 0 Å². The highest BCUT2D eigenvalue weighted by atomic mass is 16.3. The number of unbranched alkanes of at least 4 members (excludes halogenated alkanes) is 1. The normalized spacial score (nSPS) is 18.0. The minimum atomic E-state index is -0.284. The van der Waals surface area contributed by atoms with Crippen molar-refractivity contribution in [3.63, 3.8) is 0 Å². The third-order valence-corrected chi connectivity index (χ3v) is 4.01. The van der Waals surface area contributed by atoms with Crippen molar-refractivity contribution < 1.29 is 9.90 Å². The molecule has 1 aliphatic carbocycles. The Hall–Kier alpha value is -1.55. The number of carbonyl (C=O) groups is 1. The topological polar surface area (TPSA) is 66.6 Å². The van der Waals surface area contributed by atoms with Gasteiger partial charge in [0.05, 0.1) is 6.54 Å². The van der Waals surface area contributed by atoms with Crippen LogP contribution in [0.25, 0.3) is 0 Å². The highest BCUT2D eigenvalue weighted by molar-refractivity contribution is 5.76. The van der Waals surface area contributed by atoms with Gasteiger partial charge < -0.3 is 10.8 Å². The maximum absolute atomic E-state index is 11.3. The Kier molecular flexibility index (Phi) is 5.01. The summed E-state index contributed by atoms with van der Waals surface area (Å²) >= 11 is 0. The molecule has 0 radical (unpaired) electrons. The van der Waals surface area contributed by atoms with E-state index in [4.69, 9.17) is 5.73 Å². The number of nitrogens with zero attached hydrogens (tertiary/aromatic N) is 1. The van der Waals surface area contributed by atoms with Crippen LogP contribution in [-0.4, -0.2) is 29.0 Å². The van der Waals surface area contributed by atoms with Crippen molar-refractivity contribution in [3.8, 4) is 5.75 Å². The van der Waals surface area contributed by atoms with Crippen molar-refractivity contribution in [1.29, 1.82) is 0 Å². The molecule has 0 bridgehead atoms. The van der Waals surface area contributed by atoms with E-state index in [2.05, 4.69) is 11.8 Å². The average molecular weight is 276 g/mol. The second-order valence-corrected chi connectivity index (χ2v) is 5.58. The van der Waals surface area contributed by atoms with Gasteiger partial charge in [-0.15, -0.1) is 0 Å². The summed E-state index contributed by atoms with van der Waals surface area (Å²) in [5, 5.41) is 9.74. The summed E-state index contributed by atoms with van der Waals surface area (Å²) in [5.41, 5.74) is 7.83. The summed E-state index contributed by atoms with van der Waals surface area (Å²) in [6, 6.07) is 5.79. The average Bonchev–Trinajstić information content (AvgIpc) is 2.42. The maximum atomic E-state index is 11.3. The van der Waals surface area contributed by atoms with Crippen molar-refractivity contribution in [2.75, 3.05) is 13.1 Å². The molecule has 1 aromatic rings. The van der Waals surface area contributed by atoms with Crippen LogP contribution >= 0.6 is 0 Å². The van der Waals surface area contributed by atoms with Crippen molar-refractivity contribution >= 4 is 5.91 Å². The first-order valence-electron chi connectivity index (χ1n) is 7.46. The summed E-state index contributed by atoms with van der Waals surface area (Å²) in [5.74, 6) is 0.0125. The van der Waals surface area contributed by atoms with Crippen molar-refractivity contribution in [3.05, 3.63) is 29.3 Å². The number of benzene rings is 1. The number of primary amides is 1. The fourth-order valence-corrected chi connectivity index (χ4v) is 3.05. The highest BCUT2D eigenvalue weighted by Gasteiger charge is 2.26. The molecule has 1 atom stereocenters. The van der Waals surface area contributed by atoms with Gasteiger partial charge in [0, 0.05) is 6.04 Å². The van der Waals surface area contributed by atoms with Crippen LogP contribution in [0.3, 0.4) is 0 Å². The molecule has 0 aliphatic heterocycles. The van der Waals surface area contributed by atoms with E-state index in [1.807, 2.05) is 12.1 Å². The highest BCUT2D eigenvalue weighted by Crippen LogP contribution is 2.36. The van der Waals surface area contributed by atoms with Crippen molar-refractivity contribution in [2.24, 2.45) is 5.73 Å². The van der Waals surface area contributed by atoms with Gasteiger partial charge in [-0.2, -0.15) is 0 Å². The predicted molar refractivity (Wildman–Crippen MR) is 79.5 cm³/mol. The number of fused-ring (bicyclic) bond motifs is 1. The van der Waals surface area contributed by atoms with Crippen LogP contribution in [0.15, 0.2) is 18.2 Å². The molecule has 110 valence electrons. The van der Waals surface area contributed by atoms with Gasteiger partial charge in [0.25, 0.3) is 0 Å². The molecule has 1 amide bonds. The van der Waals surface area contributed by atoms with E-state index in [-0.39, 0.29) is 11.9 Å². The lowest BCUT2D eigenvalue weighted by Crippen LogP contribution is -2.38. The fourth-order valence-electron chi connectivity index (χ4n) is 3.05. The monoisotopic (exact) mass is 276 g/mol. The van der Waals surface area contributed by atoms with Crippen molar-refractivity contribution in [1.82, 2.24) is 4.90 Å². The summed E-state index contributed by atoms with van der Waals surface area (Å²) < 4.78 is 0. The minimum Gasteiger partial charge on any atom is -0.508 e. The zero-order valence-electron chi connectivity index (χ0n) is 12.1. The number of phenols is 1. The Balaban J connectivity index is 2.25. The van der Waals surface area contributed by atoms with Gasteiger partial charge in [-0.25, -0.2) is 0 Å². The molecule has 1 aromatic carbocycles. The van der Waals surface area contributed by atoms with Crippen LogP contribution in [-0.2, 0) is 11.2 Å². The number of phenolic OH excluding ortho intramolecular Hbond substituents is 1. The summed E-state index contributed by atoms with van der Waals surface area (Å²) in [4.78, 5) is 13.5. The van der Waals surface area contributed by atoms with E-state index in [9.17, 15) is 9.90 Å². The third-order valence-electron chi connectivity index (χ3n) is 4.01. The fraction of sp³-hybridized carbons (Fsp3) is 0.562. The molecule has 4 nitrogen and oxygen atoms in total. The molecular weight excluding hydrogens is 252 g/mol. The van der Waals surface area contributed by atoms with Gasteiger partial charge in [-0.05, 0) is 55.5 Å². The van der Waals surface area contributed by atoms with Gasteiger partial charge in [-0.3, -0.25) is 9.69 Å². The van der Waals surface area contributed by atoms with E-state index in [1.54, 1.807) is 6.07 Å². The number of rotatable bonds is 6. The SMILES string of the molecule is CCCCN(CC(N)=O)C1CCCc2ccc(O)cc21. The van der Waals surface area contributed by atoms with Crippen LogP contribution in [0.4, 0.5) is 0 Å². The van der Waals surface area contributed by atoms with E-state index in [0.29, 0.717) is 12.3 Å². The molecule has 4 heteroatoms. The smallest absolute Gasteiger partial charge is 0.231 e. The summed E-state index contributed by atoms with van der Waals surface area (Å²) in [7, 11) is 0. The van der Waals surface area contributed by atoms with Crippen LogP contribution in [0.1, 0.15) is 49.8 Å². The first-order valence-corrected chi connectivity index (χ1v) is 7.46. The molecule has 0 spiro atoms. The Bertz CT molecular complexity index is 474. The molecule has 20 heavy (non-hydrogen) atoms. The number of aromatic hydroxyl groups is 1. The first-order chi connectivity index (χ1) is 9.61. The van der Waals surface area contributed by atoms with Crippen LogP contribution in [0, 0.1) is 0 Å².